The van der Waals surface area contributed by atoms with E-state index in [2.05, 4.69) is 9.72 Å². The smallest absolute Gasteiger partial charge is 0.308 e. The summed E-state index contributed by atoms with van der Waals surface area (Å²) in [6.07, 6.45) is -2.63. The summed E-state index contributed by atoms with van der Waals surface area (Å²) in [4.78, 5) is 15.3. The number of methoxy groups -OCH3 is 1. The van der Waals surface area contributed by atoms with Crippen LogP contribution in [0.5, 0.6) is 0 Å². The summed E-state index contributed by atoms with van der Waals surface area (Å²) in [7, 11) is 1.23. The second kappa shape index (κ2) is 6.66. The van der Waals surface area contributed by atoms with Crippen molar-refractivity contribution in [3.8, 4) is 11.3 Å². The molecule has 7 heteroatoms. The van der Waals surface area contributed by atoms with E-state index in [1.54, 1.807) is 24.3 Å². The predicted octanol–water partition coefficient (Wildman–Crippen LogP) is 1.35. The van der Waals surface area contributed by atoms with Crippen LogP contribution in [0.3, 0.4) is 0 Å². The van der Waals surface area contributed by atoms with Crippen LogP contribution in [0.25, 0.3) is 11.3 Å². The number of nitrogen functional groups attached to an aromatic ring is 1. The first-order chi connectivity index (χ1) is 10.0. The molecule has 2 atom stereocenters. The molecule has 0 fully saturated rings. The van der Waals surface area contributed by atoms with Crippen LogP contribution in [0, 0.1) is 0 Å². The van der Waals surface area contributed by atoms with Gasteiger partial charge in [-0.05, 0) is 5.56 Å². The number of nitrogens with two attached hydrogens (primary N) is 1. The minimum Gasteiger partial charge on any atom is -0.469 e. The number of aliphatic hydroxyl groups excluding tert-OH is 2. The maximum Gasteiger partial charge on any atom is 0.308 e. The predicted molar refractivity (Wildman–Crippen MR) is 79.6 cm³/mol. The van der Waals surface area contributed by atoms with Gasteiger partial charge in [-0.3, -0.25) is 4.79 Å². The molecule has 2 rings (SSSR count). The monoisotopic (exact) mass is 308 g/mol. The Kier molecular flexibility index (Phi) is 4.89. The van der Waals surface area contributed by atoms with Crippen LogP contribution >= 0.6 is 11.3 Å². The van der Waals surface area contributed by atoms with E-state index in [9.17, 15) is 15.0 Å². The van der Waals surface area contributed by atoms with E-state index in [1.165, 1.54) is 18.4 Å². The Hall–Kier alpha value is -1.96. The molecule has 0 saturated heterocycles. The van der Waals surface area contributed by atoms with Gasteiger partial charge in [-0.25, -0.2) is 4.98 Å². The topological polar surface area (TPSA) is 106 Å². The van der Waals surface area contributed by atoms with Gasteiger partial charge in [0, 0.05) is 10.9 Å². The highest BCUT2D eigenvalue weighted by Crippen LogP contribution is 2.26. The molecule has 0 amide bonds. The average Bonchev–Trinajstić information content (AvgIpc) is 2.93. The Morgan fingerprint density at radius 1 is 1.38 bits per heavy atom. The van der Waals surface area contributed by atoms with Crippen molar-refractivity contribution in [3.05, 3.63) is 35.2 Å². The van der Waals surface area contributed by atoms with E-state index in [-0.39, 0.29) is 6.42 Å². The van der Waals surface area contributed by atoms with Gasteiger partial charge in [0.25, 0.3) is 0 Å². The number of rotatable bonds is 5. The quantitative estimate of drug-likeness (QED) is 0.720. The number of hydrogen-bond donors (Lipinski definition) is 3. The number of benzene rings is 1. The number of aliphatic hydroxyl groups is 2. The van der Waals surface area contributed by atoms with Crippen molar-refractivity contribution < 1.29 is 19.7 Å². The minimum absolute atomic E-state index is 0.262. The fourth-order valence-corrected chi connectivity index (χ4v) is 2.43. The molecule has 112 valence electrons. The molecule has 0 aliphatic heterocycles. The zero-order valence-corrected chi connectivity index (χ0v) is 12.2. The second-order valence-corrected chi connectivity index (χ2v) is 5.38. The van der Waals surface area contributed by atoms with Gasteiger partial charge < -0.3 is 20.7 Å². The van der Waals surface area contributed by atoms with Gasteiger partial charge >= 0.3 is 5.97 Å². The van der Waals surface area contributed by atoms with Crippen molar-refractivity contribution in [2.45, 2.75) is 18.6 Å². The largest absolute Gasteiger partial charge is 0.469 e. The second-order valence-electron chi connectivity index (χ2n) is 4.49. The van der Waals surface area contributed by atoms with Crippen LogP contribution in [-0.4, -0.2) is 34.4 Å². The van der Waals surface area contributed by atoms with Crippen molar-refractivity contribution in [1.29, 1.82) is 0 Å². The third-order valence-corrected chi connectivity index (χ3v) is 3.71. The van der Waals surface area contributed by atoms with Crippen molar-refractivity contribution in [3.63, 3.8) is 0 Å². The lowest BCUT2D eigenvalue weighted by Gasteiger charge is -2.17. The number of aromatic nitrogens is 1. The van der Waals surface area contributed by atoms with Crippen LogP contribution in [0.2, 0.25) is 0 Å². The Balaban J connectivity index is 2.09. The summed E-state index contributed by atoms with van der Waals surface area (Å²) in [6.45, 7) is 0. The Morgan fingerprint density at radius 3 is 2.57 bits per heavy atom. The molecule has 21 heavy (non-hydrogen) atoms. The van der Waals surface area contributed by atoms with E-state index in [0.717, 1.165) is 11.3 Å². The summed E-state index contributed by atoms with van der Waals surface area (Å²) < 4.78 is 4.46. The van der Waals surface area contributed by atoms with Crippen LogP contribution in [0.4, 0.5) is 5.13 Å². The van der Waals surface area contributed by atoms with Gasteiger partial charge in [-0.1, -0.05) is 24.3 Å². The normalized spacial score (nSPS) is 13.7. The minimum atomic E-state index is -1.21. The first-order valence-electron chi connectivity index (χ1n) is 6.25. The molecule has 4 N–H and O–H groups in total. The highest BCUT2D eigenvalue weighted by Gasteiger charge is 2.21. The number of thiazole rings is 1. The zero-order chi connectivity index (χ0) is 15.4. The van der Waals surface area contributed by atoms with E-state index in [4.69, 9.17) is 5.73 Å². The molecule has 0 aliphatic carbocycles. The maximum atomic E-state index is 11.1. The van der Waals surface area contributed by atoms with Crippen molar-refractivity contribution in [2.75, 3.05) is 12.8 Å². The Bertz CT molecular complexity index is 612. The molecule has 2 unspecified atom stereocenters. The first-order valence-corrected chi connectivity index (χ1v) is 7.13. The molecule has 0 aliphatic rings. The Labute approximate surface area is 125 Å². The molecule has 2 aromatic rings. The molecular formula is C14H16N2O4S. The maximum absolute atomic E-state index is 11.1. The number of carbonyl (C=O) groups is 1. The van der Waals surface area contributed by atoms with Gasteiger partial charge in [0.1, 0.15) is 6.10 Å². The summed E-state index contributed by atoms with van der Waals surface area (Å²) in [5.41, 5.74) is 7.72. The Morgan fingerprint density at radius 2 is 2.05 bits per heavy atom. The third-order valence-electron chi connectivity index (χ3n) is 3.04. The van der Waals surface area contributed by atoms with Crippen molar-refractivity contribution >= 4 is 22.4 Å². The summed E-state index contributed by atoms with van der Waals surface area (Å²) in [5, 5.41) is 22.1. The molecule has 0 spiro atoms. The summed E-state index contributed by atoms with van der Waals surface area (Å²) >= 11 is 1.35. The lowest BCUT2D eigenvalue weighted by molar-refractivity contribution is -0.144. The number of esters is 1. The molecular weight excluding hydrogens is 292 g/mol. The summed E-state index contributed by atoms with van der Waals surface area (Å²) in [5.74, 6) is -0.573. The number of nitrogens with zero attached hydrogens (tertiary/aromatic N) is 1. The highest BCUT2D eigenvalue weighted by molar-refractivity contribution is 7.13. The van der Waals surface area contributed by atoms with E-state index >= 15 is 0 Å². The molecule has 1 aromatic carbocycles. The van der Waals surface area contributed by atoms with Crippen LogP contribution in [-0.2, 0) is 9.53 Å². The molecule has 1 aromatic heterocycles. The fraction of sp³-hybridized carbons (Fsp3) is 0.286. The standard InChI is InChI=1S/C14H16N2O4S/c1-20-12(18)6-11(17)13(19)9-4-2-8(3-5-9)10-7-21-14(15)16-10/h2-5,7,11,13,17,19H,6H2,1H3,(H2,15,16). The lowest BCUT2D eigenvalue weighted by atomic mass is 10.0. The molecule has 0 saturated carbocycles. The van der Waals surface area contributed by atoms with Crippen LogP contribution in [0.1, 0.15) is 18.1 Å². The van der Waals surface area contributed by atoms with E-state index in [1.807, 2.05) is 5.38 Å². The van der Waals surface area contributed by atoms with Crippen molar-refractivity contribution in [1.82, 2.24) is 4.98 Å². The van der Waals surface area contributed by atoms with Gasteiger partial charge in [0.15, 0.2) is 5.13 Å². The zero-order valence-electron chi connectivity index (χ0n) is 11.4. The van der Waals surface area contributed by atoms with Crippen LogP contribution in [0.15, 0.2) is 29.6 Å². The molecule has 1 heterocycles. The highest BCUT2D eigenvalue weighted by atomic mass is 32.1. The molecule has 0 bridgehead atoms. The number of hydrogen-bond acceptors (Lipinski definition) is 7. The van der Waals surface area contributed by atoms with Gasteiger partial charge in [0.2, 0.25) is 0 Å². The SMILES string of the molecule is COC(=O)CC(O)C(O)c1ccc(-c2csc(N)n2)cc1. The third kappa shape index (κ3) is 3.78. The molecule has 0 radical (unpaired) electrons. The van der Waals surface area contributed by atoms with Gasteiger partial charge in [0.05, 0.1) is 25.3 Å². The summed E-state index contributed by atoms with van der Waals surface area (Å²) in [6, 6.07) is 6.90. The van der Waals surface area contributed by atoms with Crippen molar-refractivity contribution in [2.24, 2.45) is 0 Å². The van der Waals surface area contributed by atoms with E-state index in [0.29, 0.717) is 10.7 Å². The first kappa shape index (κ1) is 15.4. The fourth-order valence-electron chi connectivity index (χ4n) is 1.86. The average molecular weight is 308 g/mol. The number of carbonyl (C=O) groups excluding carboxylic acids is 1. The van der Waals surface area contributed by atoms with E-state index < -0.39 is 18.2 Å². The number of anilines is 1. The lowest BCUT2D eigenvalue weighted by Crippen LogP contribution is -2.22. The van der Waals surface area contributed by atoms with Crippen LogP contribution < -0.4 is 5.73 Å². The van der Waals surface area contributed by atoms with Gasteiger partial charge in [-0.2, -0.15) is 0 Å². The number of ether oxygens (including phenoxy) is 1. The molecule has 6 nitrogen and oxygen atoms in total. The van der Waals surface area contributed by atoms with Gasteiger partial charge in [-0.15, -0.1) is 11.3 Å².